The lowest BCUT2D eigenvalue weighted by Gasteiger charge is -2.60. The Kier molecular flexibility index (Phi) is 3.20. The molecule has 0 aromatic heterocycles. The van der Waals surface area contributed by atoms with E-state index in [1.807, 2.05) is 6.92 Å². The Morgan fingerprint density at radius 3 is 2.71 bits per heavy atom. The van der Waals surface area contributed by atoms with E-state index in [2.05, 4.69) is 6.92 Å². The summed E-state index contributed by atoms with van der Waals surface area (Å²) in [7, 11) is 0. The molecule has 1 spiro atoms. The summed E-state index contributed by atoms with van der Waals surface area (Å²) >= 11 is 0. The number of aliphatic hydroxyl groups is 1. The Balaban J connectivity index is 1.47. The van der Waals surface area contributed by atoms with Gasteiger partial charge in [-0.05, 0) is 81.0 Å². The molecule has 5 aliphatic rings. The van der Waals surface area contributed by atoms with Gasteiger partial charge in [0.2, 0.25) is 0 Å². The maximum Gasteiger partial charge on any atom is 0.166 e. The SMILES string of the molecule is CC1(O)OCC23CC[C@H]4[C@@H](CC[C@H]5CC(=O)CCC54C)[C@@H]2CCC13. The molecule has 1 aliphatic heterocycles. The summed E-state index contributed by atoms with van der Waals surface area (Å²) in [6.07, 6.45) is 10.3. The number of ketones is 1. The van der Waals surface area contributed by atoms with Crippen molar-refractivity contribution in [3.05, 3.63) is 0 Å². The summed E-state index contributed by atoms with van der Waals surface area (Å²) in [6, 6.07) is 0. The van der Waals surface area contributed by atoms with Gasteiger partial charge in [0, 0.05) is 24.2 Å². The Morgan fingerprint density at radius 2 is 1.88 bits per heavy atom. The second-order valence-electron chi connectivity index (χ2n) is 10.1. The van der Waals surface area contributed by atoms with Crippen molar-refractivity contribution in [1.29, 1.82) is 0 Å². The zero-order valence-electron chi connectivity index (χ0n) is 15.2. The van der Waals surface area contributed by atoms with E-state index < -0.39 is 5.79 Å². The quantitative estimate of drug-likeness (QED) is 0.731. The summed E-state index contributed by atoms with van der Waals surface area (Å²) < 4.78 is 5.90. The maximum atomic E-state index is 12.0. The van der Waals surface area contributed by atoms with Crippen molar-refractivity contribution >= 4 is 5.78 Å². The molecule has 0 aromatic carbocycles. The molecule has 3 nitrogen and oxygen atoms in total. The summed E-state index contributed by atoms with van der Waals surface area (Å²) in [5.41, 5.74) is 0.636. The Hall–Kier alpha value is -0.410. The molecule has 0 bridgehead atoms. The van der Waals surface area contributed by atoms with Crippen LogP contribution < -0.4 is 0 Å². The van der Waals surface area contributed by atoms with Crippen LogP contribution in [0.15, 0.2) is 0 Å². The van der Waals surface area contributed by atoms with Crippen molar-refractivity contribution < 1.29 is 14.6 Å². The minimum atomic E-state index is -0.903. The monoisotopic (exact) mass is 332 g/mol. The number of carbonyl (C=O) groups is 1. The van der Waals surface area contributed by atoms with Crippen molar-refractivity contribution in [1.82, 2.24) is 0 Å². The number of ether oxygens (including phenoxy) is 1. The van der Waals surface area contributed by atoms with E-state index >= 15 is 0 Å². The standard InChI is InChI=1S/C21H32O3/c1-19-9-7-14(22)11-13(19)3-4-15-16(19)8-10-21-12-24-20(2,23)18(21)6-5-17(15)21/h13,15-18,23H,3-12H2,1-2H3/t13-,15+,16-,17-,18?,19?,20?,21?/m0/s1. The number of hydrogen-bond acceptors (Lipinski definition) is 3. The average Bonchev–Trinajstić information content (AvgIpc) is 3.04. The first-order chi connectivity index (χ1) is 11.4. The van der Waals surface area contributed by atoms with Crippen LogP contribution in [-0.4, -0.2) is 23.3 Å². The summed E-state index contributed by atoms with van der Waals surface area (Å²) in [5, 5.41) is 10.7. The molecule has 134 valence electrons. The van der Waals surface area contributed by atoms with Crippen molar-refractivity contribution in [3.8, 4) is 0 Å². The zero-order chi connectivity index (χ0) is 16.7. The van der Waals surface area contributed by atoms with E-state index in [1.54, 1.807) is 0 Å². The Bertz CT molecular complexity index is 569. The van der Waals surface area contributed by atoms with Crippen molar-refractivity contribution in [2.45, 2.75) is 77.4 Å². The molecule has 5 rings (SSSR count). The molecular weight excluding hydrogens is 300 g/mol. The number of carbonyl (C=O) groups excluding carboxylic acids is 1. The van der Waals surface area contributed by atoms with Gasteiger partial charge < -0.3 is 9.84 Å². The number of rotatable bonds is 0. The van der Waals surface area contributed by atoms with E-state index in [0.717, 1.165) is 50.0 Å². The largest absolute Gasteiger partial charge is 0.365 e. The first kappa shape index (κ1) is 15.8. The summed E-state index contributed by atoms with van der Waals surface area (Å²) in [5.74, 6) is 2.92. The van der Waals surface area contributed by atoms with Gasteiger partial charge in [0.15, 0.2) is 5.79 Å². The van der Waals surface area contributed by atoms with Crippen LogP contribution in [0.4, 0.5) is 0 Å². The van der Waals surface area contributed by atoms with Gasteiger partial charge in [0.1, 0.15) is 5.78 Å². The lowest BCUT2D eigenvalue weighted by atomic mass is 9.44. The molecule has 8 atom stereocenters. The first-order valence-electron chi connectivity index (χ1n) is 10.2. The topological polar surface area (TPSA) is 46.5 Å². The fourth-order valence-corrected chi connectivity index (χ4v) is 8.32. The van der Waals surface area contributed by atoms with E-state index in [-0.39, 0.29) is 5.41 Å². The normalized spacial score (nSPS) is 59.5. The van der Waals surface area contributed by atoms with Crippen LogP contribution in [0, 0.1) is 40.4 Å². The van der Waals surface area contributed by atoms with Crippen LogP contribution in [0.2, 0.25) is 0 Å². The van der Waals surface area contributed by atoms with Gasteiger partial charge >= 0.3 is 0 Å². The third-order valence-electron chi connectivity index (χ3n) is 9.48. The predicted octanol–water partition coefficient (Wildman–Crippen LogP) is 3.93. The highest BCUT2D eigenvalue weighted by Gasteiger charge is 2.67. The third kappa shape index (κ3) is 1.84. The van der Waals surface area contributed by atoms with E-state index in [1.165, 1.54) is 32.1 Å². The molecule has 24 heavy (non-hydrogen) atoms. The van der Waals surface area contributed by atoms with Crippen LogP contribution in [0.1, 0.15) is 71.6 Å². The van der Waals surface area contributed by atoms with Gasteiger partial charge in [-0.15, -0.1) is 0 Å². The fraction of sp³-hybridized carbons (Fsp3) is 0.952. The highest BCUT2D eigenvalue weighted by Crippen LogP contribution is 2.70. The van der Waals surface area contributed by atoms with Gasteiger partial charge in [0.05, 0.1) is 6.61 Å². The number of fused-ring (bicyclic) bond motifs is 4. The average molecular weight is 332 g/mol. The summed E-state index contributed by atoms with van der Waals surface area (Å²) in [6.45, 7) is 5.18. The second-order valence-corrected chi connectivity index (χ2v) is 10.1. The van der Waals surface area contributed by atoms with E-state index in [0.29, 0.717) is 23.0 Å². The maximum absolute atomic E-state index is 12.0. The lowest BCUT2D eigenvalue weighted by molar-refractivity contribution is -0.180. The minimum absolute atomic E-state index is 0.248. The molecule has 1 N–H and O–H groups in total. The van der Waals surface area contributed by atoms with Crippen LogP contribution in [0.25, 0.3) is 0 Å². The molecule has 0 aromatic rings. The predicted molar refractivity (Wildman–Crippen MR) is 91.1 cm³/mol. The van der Waals surface area contributed by atoms with Crippen molar-refractivity contribution in [2.24, 2.45) is 40.4 Å². The Morgan fingerprint density at radius 1 is 1.04 bits per heavy atom. The number of Topliss-reactive ketones (excluding diaryl/α,β-unsaturated/α-hetero) is 1. The lowest BCUT2D eigenvalue weighted by Crippen LogP contribution is -2.54. The molecular formula is C21H32O3. The molecule has 1 saturated heterocycles. The van der Waals surface area contributed by atoms with Crippen LogP contribution in [0.5, 0.6) is 0 Å². The summed E-state index contributed by atoms with van der Waals surface area (Å²) in [4.78, 5) is 12.0. The third-order valence-corrected chi connectivity index (χ3v) is 9.48. The van der Waals surface area contributed by atoms with Crippen LogP contribution in [-0.2, 0) is 9.53 Å². The smallest absolute Gasteiger partial charge is 0.166 e. The first-order valence-corrected chi connectivity index (χ1v) is 10.2. The Labute approximate surface area is 145 Å². The van der Waals surface area contributed by atoms with Gasteiger partial charge in [-0.2, -0.15) is 0 Å². The van der Waals surface area contributed by atoms with Gasteiger partial charge in [-0.25, -0.2) is 0 Å². The van der Waals surface area contributed by atoms with E-state index in [4.69, 9.17) is 4.74 Å². The molecule has 0 amide bonds. The second kappa shape index (κ2) is 4.85. The molecule has 4 aliphatic carbocycles. The van der Waals surface area contributed by atoms with Crippen LogP contribution in [0.3, 0.4) is 0 Å². The van der Waals surface area contributed by atoms with Gasteiger partial charge in [-0.3, -0.25) is 4.79 Å². The zero-order valence-corrected chi connectivity index (χ0v) is 15.2. The van der Waals surface area contributed by atoms with Crippen LogP contribution >= 0.6 is 0 Å². The van der Waals surface area contributed by atoms with Gasteiger partial charge in [-0.1, -0.05) is 6.92 Å². The molecule has 1 heterocycles. The molecule has 4 saturated carbocycles. The molecule has 4 unspecified atom stereocenters. The number of hydrogen-bond donors (Lipinski definition) is 1. The van der Waals surface area contributed by atoms with Crippen molar-refractivity contribution in [2.75, 3.05) is 6.61 Å². The highest BCUT2D eigenvalue weighted by atomic mass is 16.6. The highest BCUT2D eigenvalue weighted by molar-refractivity contribution is 5.79. The fourth-order valence-electron chi connectivity index (χ4n) is 8.32. The molecule has 3 heteroatoms. The van der Waals surface area contributed by atoms with Gasteiger partial charge in [0.25, 0.3) is 0 Å². The van der Waals surface area contributed by atoms with E-state index in [9.17, 15) is 9.90 Å². The molecule has 0 radical (unpaired) electrons. The molecule has 5 fully saturated rings. The minimum Gasteiger partial charge on any atom is -0.365 e. The van der Waals surface area contributed by atoms with Crippen molar-refractivity contribution in [3.63, 3.8) is 0 Å².